The number of phenols is 1. The first kappa shape index (κ1) is 10.3. The van der Waals surface area contributed by atoms with Crippen LogP contribution in [0.4, 0.5) is 0 Å². The van der Waals surface area contributed by atoms with Crippen molar-refractivity contribution >= 4 is 5.97 Å². The van der Waals surface area contributed by atoms with Crippen molar-refractivity contribution in [3.05, 3.63) is 42.0 Å². The molecule has 0 fully saturated rings. The Morgan fingerprint density at radius 2 is 1.86 bits per heavy atom. The minimum absolute atomic E-state index is 0.0130. The summed E-state index contributed by atoms with van der Waals surface area (Å²) < 4.78 is 0. The molecule has 0 unspecified atom stereocenters. The fourth-order valence-corrected chi connectivity index (χ4v) is 1.18. The van der Waals surface area contributed by atoms with Gasteiger partial charge in [0.15, 0.2) is 0 Å². The summed E-state index contributed by atoms with van der Waals surface area (Å²) in [6.45, 7) is 3.67. The molecule has 0 saturated heterocycles. The van der Waals surface area contributed by atoms with Crippen molar-refractivity contribution < 1.29 is 15.0 Å². The molecule has 0 bridgehead atoms. The van der Waals surface area contributed by atoms with E-state index in [1.165, 1.54) is 0 Å². The lowest BCUT2D eigenvalue weighted by Crippen LogP contribution is -1.98. The highest BCUT2D eigenvalue weighted by molar-refractivity contribution is 5.69. The zero-order chi connectivity index (χ0) is 10.6. The molecule has 0 aliphatic carbocycles. The van der Waals surface area contributed by atoms with Crippen LogP contribution in [0.1, 0.15) is 12.0 Å². The lowest BCUT2D eigenvalue weighted by atomic mass is 10.0. The van der Waals surface area contributed by atoms with Crippen LogP contribution >= 0.6 is 0 Å². The summed E-state index contributed by atoms with van der Waals surface area (Å²) in [7, 11) is 0. The number of benzene rings is 1. The highest BCUT2D eigenvalue weighted by Crippen LogP contribution is 2.13. The van der Waals surface area contributed by atoms with Crippen LogP contribution in [0.25, 0.3) is 0 Å². The van der Waals surface area contributed by atoms with Crippen molar-refractivity contribution in [2.45, 2.75) is 12.8 Å². The third-order valence-corrected chi connectivity index (χ3v) is 1.79. The summed E-state index contributed by atoms with van der Waals surface area (Å²) in [6, 6.07) is 6.65. The van der Waals surface area contributed by atoms with E-state index in [2.05, 4.69) is 6.58 Å². The first-order valence-electron chi connectivity index (χ1n) is 4.24. The largest absolute Gasteiger partial charge is 0.508 e. The number of carbonyl (C=O) groups is 1. The summed E-state index contributed by atoms with van der Waals surface area (Å²) in [5, 5.41) is 17.5. The molecule has 0 amide bonds. The fraction of sp³-hybridized carbons (Fsp3) is 0.182. The second-order valence-electron chi connectivity index (χ2n) is 3.16. The Morgan fingerprint density at radius 1 is 1.29 bits per heavy atom. The van der Waals surface area contributed by atoms with E-state index in [9.17, 15) is 4.79 Å². The molecule has 74 valence electrons. The van der Waals surface area contributed by atoms with Gasteiger partial charge in [-0.3, -0.25) is 4.79 Å². The normalized spacial score (nSPS) is 9.71. The van der Waals surface area contributed by atoms with Gasteiger partial charge in [0, 0.05) is 0 Å². The van der Waals surface area contributed by atoms with Gasteiger partial charge in [0.2, 0.25) is 0 Å². The van der Waals surface area contributed by atoms with E-state index < -0.39 is 5.97 Å². The molecule has 0 atom stereocenters. The molecule has 0 aromatic heterocycles. The average molecular weight is 192 g/mol. The minimum Gasteiger partial charge on any atom is -0.508 e. The van der Waals surface area contributed by atoms with Crippen LogP contribution in [0.15, 0.2) is 36.4 Å². The molecule has 14 heavy (non-hydrogen) atoms. The standard InChI is InChI=1S/C11H12O3/c1-8(7-11(13)14)6-9-2-4-10(12)5-3-9/h2-5,12H,1,6-7H2,(H,13,14). The third-order valence-electron chi connectivity index (χ3n) is 1.79. The van der Waals surface area contributed by atoms with Gasteiger partial charge >= 0.3 is 5.97 Å². The number of phenolic OH excluding ortho intramolecular Hbond substituents is 1. The molecule has 0 radical (unpaired) electrons. The van der Waals surface area contributed by atoms with E-state index in [-0.39, 0.29) is 12.2 Å². The Morgan fingerprint density at radius 3 is 2.36 bits per heavy atom. The van der Waals surface area contributed by atoms with Crippen molar-refractivity contribution in [2.75, 3.05) is 0 Å². The molecule has 0 spiro atoms. The van der Waals surface area contributed by atoms with E-state index >= 15 is 0 Å². The maximum absolute atomic E-state index is 10.4. The van der Waals surface area contributed by atoms with E-state index in [0.29, 0.717) is 12.0 Å². The van der Waals surface area contributed by atoms with E-state index in [1.54, 1.807) is 24.3 Å². The molecule has 0 heterocycles. The average Bonchev–Trinajstić information content (AvgIpc) is 2.07. The SMILES string of the molecule is C=C(CC(=O)O)Cc1ccc(O)cc1. The van der Waals surface area contributed by atoms with Gasteiger partial charge in [-0.25, -0.2) is 0 Å². The van der Waals surface area contributed by atoms with Crippen LogP contribution in [0.5, 0.6) is 5.75 Å². The number of hydrogen-bond acceptors (Lipinski definition) is 2. The number of carboxylic acids is 1. The predicted molar refractivity (Wildman–Crippen MR) is 53.2 cm³/mol. The molecule has 1 aromatic carbocycles. The Kier molecular flexibility index (Phi) is 3.29. The molecule has 1 rings (SSSR count). The zero-order valence-electron chi connectivity index (χ0n) is 7.73. The van der Waals surface area contributed by atoms with Crippen molar-refractivity contribution in [1.82, 2.24) is 0 Å². The molecule has 3 nitrogen and oxygen atoms in total. The summed E-state index contributed by atoms with van der Waals surface area (Å²) in [5.41, 5.74) is 1.61. The molecule has 1 aromatic rings. The topological polar surface area (TPSA) is 57.5 Å². The molecule has 2 N–H and O–H groups in total. The van der Waals surface area contributed by atoms with Crippen molar-refractivity contribution in [2.24, 2.45) is 0 Å². The molecule has 0 aliphatic heterocycles. The highest BCUT2D eigenvalue weighted by Gasteiger charge is 2.02. The van der Waals surface area contributed by atoms with E-state index in [0.717, 1.165) is 5.56 Å². The zero-order valence-corrected chi connectivity index (χ0v) is 7.73. The number of hydrogen-bond donors (Lipinski definition) is 2. The van der Waals surface area contributed by atoms with Gasteiger partial charge in [-0.05, 0) is 24.1 Å². The Labute approximate surface area is 82.3 Å². The van der Waals surface area contributed by atoms with Gasteiger partial charge in [-0.1, -0.05) is 24.3 Å². The van der Waals surface area contributed by atoms with Gasteiger partial charge in [-0.2, -0.15) is 0 Å². The highest BCUT2D eigenvalue weighted by atomic mass is 16.4. The summed E-state index contributed by atoms with van der Waals surface area (Å²) in [6.07, 6.45) is 0.521. The Bertz CT molecular complexity index is 338. The molecule has 0 saturated carbocycles. The number of aliphatic carboxylic acids is 1. The summed E-state index contributed by atoms with van der Waals surface area (Å²) in [5.74, 6) is -0.661. The van der Waals surface area contributed by atoms with Gasteiger partial charge < -0.3 is 10.2 Å². The van der Waals surface area contributed by atoms with Crippen LogP contribution in [-0.4, -0.2) is 16.2 Å². The van der Waals surface area contributed by atoms with Crippen LogP contribution in [0.3, 0.4) is 0 Å². The second kappa shape index (κ2) is 4.46. The summed E-state index contributed by atoms with van der Waals surface area (Å²) >= 11 is 0. The lowest BCUT2D eigenvalue weighted by Gasteiger charge is -2.02. The van der Waals surface area contributed by atoms with Crippen LogP contribution in [0.2, 0.25) is 0 Å². The van der Waals surface area contributed by atoms with E-state index in [4.69, 9.17) is 10.2 Å². The number of carboxylic acid groups (broad SMARTS) is 1. The van der Waals surface area contributed by atoms with Gasteiger partial charge in [0.1, 0.15) is 5.75 Å². The van der Waals surface area contributed by atoms with Crippen molar-refractivity contribution in [1.29, 1.82) is 0 Å². The van der Waals surface area contributed by atoms with Crippen LogP contribution in [-0.2, 0) is 11.2 Å². The quantitative estimate of drug-likeness (QED) is 0.717. The maximum atomic E-state index is 10.4. The number of rotatable bonds is 4. The first-order valence-corrected chi connectivity index (χ1v) is 4.24. The maximum Gasteiger partial charge on any atom is 0.307 e. The molecule has 3 heteroatoms. The minimum atomic E-state index is -0.867. The first-order chi connectivity index (χ1) is 6.58. The molecular formula is C11H12O3. The monoisotopic (exact) mass is 192 g/mol. The summed E-state index contributed by atoms with van der Waals surface area (Å²) in [4.78, 5) is 10.4. The van der Waals surface area contributed by atoms with Gasteiger partial charge in [-0.15, -0.1) is 0 Å². The van der Waals surface area contributed by atoms with Crippen molar-refractivity contribution in [3.63, 3.8) is 0 Å². The van der Waals surface area contributed by atoms with E-state index in [1.807, 2.05) is 0 Å². The Balaban J connectivity index is 2.56. The number of aromatic hydroxyl groups is 1. The van der Waals surface area contributed by atoms with Crippen LogP contribution in [0, 0.1) is 0 Å². The smallest absolute Gasteiger partial charge is 0.307 e. The van der Waals surface area contributed by atoms with Gasteiger partial charge in [0.05, 0.1) is 6.42 Å². The molecule has 0 aliphatic rings. The van der Waals surface area contributed by atoms with Crippen molar-refractivity contribution in [3.8, 4) is 5.75 Å². The van der Waals surface area contributed by atoms with Gasteiger partial charge in [0.25, 0.3) is 0 Å². The second-order valence-corrected chi connectivity index (χ2v) is 3.16. The predicted octanol–water partition coefficient (Wildman–Crippen LogP) is 1.97. The fourth-order valence-electron chi connectivity index (χ4n) is 1.18. The third kappa shape index (κ3) is 3.31. The lowest BCUT2D eigenvalue weighted by molar-refractivity contribution is -0.136. The van der Waals surface area contributed by atoms with Crippen LogP contribution < -0.4 is 0 Å². The molecular weight excluding hydrogens is 180 g/mol. The Hall–Kier alpha value is -1.77.